The van der Waals surface area contributed by atoms with Crippen LogP contribution in [0.25, 0.3) is 0 Å². The van der Waals surface area contributed by atoms with Crippen LogP contribution in [0, 0.1) is 0 Å². The van der Waals surface area contributed by atoms with Crippen molar-refractivity contribution in [2.75, 3.05) is 0 Å². The Bertz CT molecular complexity index is 536. The van der Waals surface area contributed by atoms with Crippen molar-refractivity contribution in [2.45, 2.75) is 45.8 Å². The highest BCUT2D eigenvalue weighted by Crippen LogP contribution is 2.12. The van der Waals surface area contributed by atoms with Crippen LogP contribution < -0.4 is 5.32 Å². The van der Waals surface area contributed by atoms with Gasteiger partial charge in [0.15, 0.2) is 0 Å². The van der Waals surface area contributed by atoms with Crippen molar-refractivity contribution in [3.05, 3.63) is 53.1 Å². The van der Waals surface area contributed by atoms with E-state index in [1.165, 1.54) is 5.56 Å². The van der Waals surface area contributed by atoms with Crippen LogP contribution in [0.5, 0.6) is 0 Å². The van der Waals surface area contributed by atoms with Crippen LogP contribution in [-0.4, -0.2) is 15.6 Å². The number of aromatic nitrogens is 2. The zero-order chi connectivity index (χ0) is 14.4. The standard InChI is InChI=1S/C16H22ClN3/c1-3-8-20-9-7-18-16(20)12-19-13(2)10-14-5-4-6-15(17)11-14/h4-7,9,11,13,19H,3,8,10,12H2,1-2H3. The van der Waals surface area contributed by atoms with Crippen molar-refractivity contribution in [3.63, 3.8) is 0 Å². The molecule has 0 radical (unpaired) electrons. The Morgan fingerprint density at radius 2 is 2.25 bits per heavy atom. The van der Waals surface area contributed by atoms with E-state index >= 15 is 0 Å². The van der Waals surface area contributed by atoms with E-state index in [1.807, 2.05) is 30.6 Å². The van der Waals surface area contributed by atoms with Gasteiger partial charge >= 0.3 is 0 Å². The van der Waals surface area contributed by atoms with E-state index in [9.17, 15) is 0 Å². The maximum atomic E-state index is 6.01. The van der Waals surface area contributed by atoms with Crippen molar-refractivity contribution >= 4 is 11.6 Å². The lowest BCUT2D eigenvalue weighted by Gasteiger charge is -2.14. The third kappa shape index (κ3) is 4.36. The van der Waals surface area contributed by atoms with E-state index in [4.69, 9.17) is 11.6 Å². The molecule has 0 fully saturated rings. The van der Waals surface area contributed by atoms with Crippen LogP contribution in [0.2, 0.25) is 5.02 Å². The van der Waals surface area contributed by atoms with Crippen LogP contribution in [0.15, 0.2) is 36.7 Å². The molecule has 1 heterocycles. The number of nitrogens with one attached hydrogen (secondary N) is 1. The predicted molar refractivity (Wildman–Crippen MR) is 84.0 cm³/mol. The highest BCUT2D eigenvalue weighted by Gasteiger charge is 2.06. The van der Waals surface area contributed by atoms with E-state index in [-0.39, 0.29) is 0 Å². The Hall–Kier alpha value is -1.32. The lowest BCUT2D eigenvalue weighted by Crippen LogP contribution is -2.28. The van der Waals surface area contributed by atoms with Crippen molar-refractivity contribution in [3.8, 4) is 0 Å². The largest absolute Gasteiger partial charge is 0.334 e. The molecule has 0 aliphatic rings. The minimum absolute atomic E-state index is 0.389. The summed E-state index contributed by atoms with van der Waals surface area (Å²) in [6.45, 7) is 6.20. The molecule has 20 heavy (non-hydrogen) atoms. The first kappa shape index (κ1) is 15.1. The fourth-order valence-corrected chi connectivity index (χ4v) is 2.52. The molecular formula is C16H22ClN3. The maximum Gasteiger partial charge on any atom is 0.122 e. The number of nitrogens with zero attached hydrogens (tertiary/aromatic N) is 2. The molecule has 2 rings (SSSR count). The average Bonchev–Trinajstić information content (AvgIpc) is 2.84. The zero-order valence-electron chi connectivity index (χ0n) is 12.1. The molecule has 0 saturated carbocycles. The van der Waals surface area contributed by atoms with Gasteiger partial charge in [-0.3, -0.25) is 0 Å². The Labute approximate surface area is 126 Å². The van der Waals surface area contributed by atoms with Crippen LogP contribution >= 0.6 is 11.6 Å². The van der Waals surface area contributed by atoms with Gasteiger partial charge in [-0.25, -0.2) is 4.98 Å². The van der Waals surface area contributed by atoms with Gasteiger partial charge in [-0.1, -0.05) is 30.7 Å². The van der Waals surface area contributed by atoms with E-state index in [1.54, 1.807) is 0 Å². The number of aryl methyl sites for hydroxylation is 1. The number of benzene rings is 1. The number of hydrogen-bond donors (Lipinski definition) is 1. The average molecular weight is 292 g/mol. The topological polar surface area (TPSA) is 29.9 Å². The molecule has 1 aromatic heterocycles. The first-order valence-electron chi connectivity index (χ1n) is 7.17. The summed E-state index contributed by atoms with van der Waals surface area (Å²) in [7, 11) is 0. The van der Waals surface area contributed by atoms with Gasteiger partial charge in [0.05, 0.1) is 6.54 Å². The Morgan fingerprint density at radius 3 is 3.00 bits per heavy atom. The van der Waals surface area contributed by atoms with Crippen LogP contribution in [-0.2, 0) is 19.5 Å². The van der Waals surface area contributed by atoms with E-state index in [0.29, 0.717) is 6.04 Å². The molecule has 0 aliphatic carbocycles. The minimum Gasteiger partial charge on any atom is -0.334 e. The normalized spacial score (nSPS) is 12.6. The summed E-state index contributed by atoms with van der Waals surface area (Å²) >= 11 is 6.01. The second-order valence-electron chi connectivity index (χ2n) is 5.15. The molecule has 1 N–H and O–H groups in total. The van der Waals surface area contributed by atoms with Gasteiger partial charge in [-0.2, -0.15) is 0 Å². The summed E-state index contributed by atoms with van der Waals surface area (Å²) in [6.07, 6.45) is 6.01. The summed E-state index contributed by atoms with van der Waals surface area (Å²) in [6, 6.07) is 8.43. The van der Waals surface area contributed by atoms with Crippen LogP contribution in [0.4, 0.5) is 0 Å². The summed E-state index contributed by atoms with van der Waals surface area (Å²) in [4.78, 5) is 4.41. The summed E-state index contributed by atoms with van der Waals surface area (Å²) in [5.74, 6) is 1.10. The number of rotatable bonds is 7. The molecule has 0 aliphatic heterocycles. The molecule has 1 atom stereocenters. The fourth-order valence-electron chi connectivity index (χ4n) is 2.31. The van der Waals surface area contributed by atoms with Gasteiger partial charge in [-0.05, 0) is 37.5 Å². The smallest absolute Gasteiger partial charge is 0.122 e. The molecule has 0 bridgehead atoms. The van der Waals surface area contributed by atoms with Gasteiger partial charge in [0, 0.05) is 30.0 Å². The zero-order valence-corrected chi connectivity index (χ0v) is 12.9. The van der Waals surface area contributed by atoms with Gasteiger partial charge in [0.1, 0.15) is 5.82 Å². The maximum absolute atomic E-state index is 6.01. The Balaban J connectivity index is 1.85. The minimum atomic E-state index is 0.389. The molecule has 0 spiro atoms. The Morgan fingerprint density at radius 1 is 1.40 bits per heavy atom. The SMILES string of the molecule is CCCn1ccnc1CNC(C)Cc1cccc(Cl)c1. The van der Waals surface area contributed by atoms with Gasteiger partial charge in [0.25, 0.3) is 0 Å². The molecule has 4 heteroatoms. The summed E-state index contributed by atoms with van der Waals surface area (Å²) in [5, 5.41) is 4.32. The van der Waals surface area contributed by atoms with Crippen molar-refractivity contribution in [1.29, 1.82) is 0 Å². The molecule has 108 valence electrons. The van der Waals surface area contributed by atoms with Crippen molar-refractivity contribution < 1.29 is 0 Å². The lowest BCUT2D eigenvalue weighted by atomic mass is 10.1. The predicted octanol–water partition coefficient (Wildman–Crippen LogP) is 3.67. The molecule has 1 unspecified atom stereocenters. The lowest BCUT2D eigenvalue weighted by molar-refractivity contribution is 0.513. The second kappa shape index (κ2) is 7.46. The third-order valence-corrected chi connectivity index (χ3v) is 3.54. The summed E-state index contributed by atoms with van der Waals surface area (Å²) < 4.78 is 2.21. The molecule has 1 aromatic carbocycles. The first-order valence-corrected chi connectivity index (χ1v) is 7.54. The van der Waals surface area contributed by atoms with Crippen molar-refractivity contribution in [1.82, 2.24) is 14.9 Å². The molecule has 3 nitrogen and oxygen atoms in total. The first-order chi connectivity index (χ1) is 9.69. The molecule has 0 saturated heterocycles. The quantitative estimate of drug-likeness (QED) is 0.843. The van der Waals surface area contributed by atoms with Crippen LogP contribution in [0.1, 0.15) is 31.7 Å². The molecule has 0 amide bonds. The van der Waals surface area contributed by atoms with Gasteiger partial charge in [-0.15, -0.1) is 0 Å². The Kier molecular flexibility index (Phi) is 5.62. The fraction of sp³-hybridized carbons (Fsp3) is 0.438. The highest BCUT2D eigenvalue weighted by molar-refractivity contribution is 6.30. The van der Waals surface area contributed by atoms with Crippen LogP contribution in [0.3, 0.4) is 0 Å². The molecule has 2 aromatic rings. The number of halogens is 1. The second-order valence-corrected chi connectivity index (χ2v) is 5.59. The van der Waals surface area contributed by atoms with Gasteiger partial charge in [0.2, 0.25) is 0 Å². The number of imidazole rings is 1. The highest BCUT2D eigenvalue weighted by atomic mass is 35.5. The monoisotopic (exact) mass is 291 g/mol. The molecular weight excluding hydrogens is 270 g/mol. The summed E-state index contributed by atoms with van der Waals surface area (Å²) in [5.41, 5.74) is 1.26. The number of hydrogen-bond acceptors (Lipinski definition) is 2. The van der Waals surface area contributed by atoms with Crippen molar-refractivity contribution in [2.24, 2.45) is 0 Å². The third-order valence-electron chi connectivity index (χ3n) is 3.31. The van der Waals surface area contributed by atoms with E-state index in [2.05, 4.69) is 34.8 Å². The van der Waals surface area contributed by atoms with E-state index in [0.717, 1.165) is 36.8 Å². The van der Waals surface area contributed by atoms with E-state index < -0.39 is 0 Å². The van der Waals surface area contributed by atoms with Gasteiger partial charge < -0.3 is 9.88 Å².